The minimum Gasteiger partial charge on any atom is -0.507 e. The molecule has 2 aromatic carbocycles. The number of hydrogen-bond acceptors (Lipinski definition) is 4. The third kappa shape index (κ3) is 4.01. The number of rotatable bonds is 4. The summed E-state index contributed by atoms with van der Waals surface area (Å²) < 4.78 is 0. The number of Topliss-reactive ketones (excluding diaryl/α,β-unsaturated/α-hetero) is 1. The lowest BCUT2D eigenvalue weighted by Gasteiger charge is -2.25. The van der Waals surface area contributed by atoms with E-state index in [1.807, 2.05) is 32.0 Å². The molecule has 32 heavy (non-hydrogen) atoms. The second-order valence-electron chi connectivity index (χ2n) is 7.74. The maximum atomic E-state index is 13.2. The van der Waals surface area contributed by atoms with Gasteiger partial charge in [-0.1, -0.05) is 53.0 Å². The maximum absolute atomic E-state index is 13.2. The Morgan fingerprint density at radius 1 is 1.03 bits per heavy atom. The van der Waals surface area contributed by atoms with Crippen LogP contribution in [-0.2, 0) is 16.1 Å². The van der Waals surface area contributed by atoms with E-state index in [-0.39, 0.29) is 17.9 Å². The molecule has 3 aromatic rings. The molecule has 1 aliphatic heterocycles. The van der Waals surface area contributed by atoms with Gasteiger partial charge in [-0.25, -0.2) is 0 Å². The highest BCUT2D eigenvalue weighted by Gasteiger charge is 2.46. The number of pyridine rings is 1. The third-order valence-electron chi connectivity index (χ3n) is 5.51. The number of nitrogens with zero attached hydrogens (tertiary/aromatic N) is 2. The summed E-state index contributed by atoms with van der Waals surface area (Å²) in [6.45, 7) is 3.83. The van der Waals surface area contributed by atoms with Crippen molar-refractivity contribution in [3.05, 3.63) is 104 Å². The van der Waals surface area contributed by atoms with Crippen LogP contribution in [0.5, 0.6) is 0 Å². The smallest absolute Gasteiger partial charge is 0.296 e. The van der Waals surface area contributed by atoms with E-state index in [0.717, 1.165) is 11.1 Å². The zero-order valence-corrected chi connectivity index (χ0v) is 19.0. The van der Waals surface area contributed by atoms with Gasteiger partial charge in [-0.2, -0.15) is 0 Å². The SMILES string of the molecule is Cc1ccc(C)c(/C(O)=C2\C(=O)C(=O)N(Cc3ccccn3)C2c2ccc(Cl)c(Cl)c2)c1. The molecule has 0 spiro atoms. The first kappa shape index (κ1) is 22.1. The number of carbonyl (C=O) groups excluding carboxylic acids is 2. The van der Waals surface area contributed by atoms with Crippen LogP contribution in [0.1, 0.15) is 34.0 Å². The Morgan fingerprint density at radius 2 is 1.81 bits per heavy atom. The van der Waals surface area contributed by atoms with Gasteiger partial charge in [-0.3, -0.25) is 14.6 Å². The summed E-state index contributed by atoms with van der Waals surface area (Å²) in [5.41, 5.74) is 3.42. The molecule has 1 aliphatic rings. The second-order valence-corrected chi connectivity index (χ2v) is 8.55. The number of amides is 1. The van der Waals surface area contributed by atoms with Gasteiger partial charge < -0.3 is 10.0 Å². The van der Waals surface area contributed by atoms with Crippen molar-refractivity contribution in [3.63, 3.8) is 0 Å². The van der Waals surface area contributed by atoms with Crippen molar-refractivity contribution in [2.75, 3.05) is 0 Å². The van der Waals surface area contributed by atoms with Crippen LogP contribution in [0.25, 0.3) is 5.76 Å². The van der Waals surface area contributed by atoms with Crippen LogP contribution < -0.4 is 0 Å². The number of ketones is 1. The van der Waals surface area contributed by atoms with Crippen molar-refractivity contribution in [2.24, 2.45) is 0 Å². The molecule has 1 fully saturated rings. The van der Waals surface area contributed by atoms with Crippen molar-refractivity contribution in [1.29, 1.82) is 0 Å². The monoisotopic (exact) mass is 466 g/mol. The fraction of sp³-hybridized carbons (Fsp3) is 0.160. The summed E-state index contributed by atoms with van der Waals surface area (Å²) >= 11 is 12.3. The van der Waals surface area contributed by atoms with E-state index < -0.39 is 17.7 Å². The van der Waals surface area contributed by atoms with E-state index in [1.54, 1.807) is 42.6 Å². The molecule has 0 saturated carbocycles. The number of aliphatic hydroxyl groups excluding tert-OH is 1. The van der Waals surface area contributed by atoms with E-state index in [0.29, 0.717) is 26.9 Å². The predicted molar refractivity (Wildman–Crippen MR) is 124 cm³/mol. The number of carbonyl (C=O) groups is 2. The van der Waals surface area contributed by atoms with Crippen LogP contribution in [0, 0.1) is 13.8 Å². The van der Waals surface area contributed by atoms with E-state index in [1.165, 1.54) is 4.90 Å². The summed E-state index contributed by atoms with van der Waals surface area (Å²) in [5, 5.41) is 11.9. The maximum Gasteiger partial charge on any atom is 0.296 e. The normalized spacial score (nSPS) is 17.8. The number of aliphatic hydroxyl groups is 1. The van der Waals surface area contributed by atoms with Gasteiger partial charge >= 0.3 is 0 Å². The predicted octanol–water partition coefficient (Wildman–Crippen LogP) is 5.63. The zero-order valence-electron chi connectivity index (χ0n) is 17.5. The van der Waals surface area contributed by atoms with Crippen LogP contribution in [0.15, 0.2) is 66.4 Å². The molecule has 5 nitrogen and oxygen atoms in total. The fourth-order valence-electron chi connectivity index (χ4n) is 3.87. The number of benzene rings is 2. The highest BCUT2D eigenvalue weighted by Crippen LogP contribution is 2.42. The summed E-state index contributed by atoms with van der Waals surface area (Å²) in [4.78, 5) is 31.9. The molecule has 1 atom stereocenters. The van der Waals surface area contributed by atoms with Gasteiger partial charge in [0.25, 0.3) is 11.7 Å². The molecule has 162 valence electrons. The van der Waals surface area contributed by atoms with Gasteiger partial charge in [0.2, 0.25) is 0 Å². The Kier molecular flexibility index (Phi) is 6.04. The molecular formula is C25H20Cl2N2O3. The van der Waals surface area contributed by atoms with E-state index >= 15 is 0 Å². The highest BCUT2D eigenvalue weighted by molar-refractivity contribution is 6.46. The number of hydrogen-bond donors (Lipinski definition) is 1. The summed E-state index contributed by atoms with van der Waals surface area (Å²) in [6.07, 6.45) is 1.62. The van der Waals surface area contributed by atoms with Crippen molar-refractivity contribution in [3.8, 4) is 0 Å². The minimum absolute atomic E-state index is 0.0121. The Morgan fingerprint density at radius 3 is 2.50 bits per heavy atom. The van der Waals surface area contributed by atoms with Crippen molar-refractivity contribution < 1.29 is 14.7 Å². The van der Waals surface area contributed by atoms with Crippen LogP contribution >= 0.6 is 23.2 Å². The molecule has 0 radical (unpaired) electrons. The lowest BCUT2D eigenvalue weighted by Crippen LogP contribution is -2.29. The summed E-state index contributed by atoms with van der Waals surface area (Å²) in [7, 11) is 0. The Balaban J connectivity index is 1.92. The topological polar surface area (TPSA) is 70.5 Å². The van der Waals surface area contributed by atoms with Gasteiger partial charge in [0.1, 0.15) is 5.76 Å². The Labute approximate surface area is 195 Å². The van der Waals surface area contributed by atoms with Gasteiger partial charge in [-0.05, 0) is 55.3 Å². The molecule has 1 amide bonds. The molecule has 1 N–H and O–H groups in total. The third-order valence-corrected chi connectivity index (χ3v) is 6.25. The Bertz CT molecular complexity index is 1260. The average Bonchev–Trinajstić information content (AvgIpc) is 3.02. The molecule has 2 heterocycles. The minimum atomic E-state index is -0.841. The van der Waals surface area contributed by atoms with Crippen molar-refractivity contribution >= 4 is 40.7 Å². The number of aryl methyl sites for hydroxylation is 2. The molecule has 7 heteroatoms. The second kappa shape index (κ2) is 8.77. The quantitative estimate of drug-likeness (QED) is 0.307. The first-order valence-corrected chi connectivity index (χ1v) is 10.7. The van der Waals surface area contributed by atoms with Gasteiger partial charge in [0.05, 0.1) is 33.9 Å². The van der Waals surface area contributed by atoms with Crippen molar-refractivity contribution in [2.45, 2.75) is 26.4 Å². The number of likely N-dealkylation sites (tertiary alicyclic amines) is 1. The zero-order chi connectivity index (χ0) is 23.0. The average molecular weight is 467 g/mol. The first-order chi connectivity index (χ1) is 15.3. The van der Waals surface area contributed by atoms with E-state index in [4.69, 9.17) is 23.2 Å². The molecule has 4 rings (SSSR count). The molecule has 1 aromatic heterocycles. The molecule has 1 saturated heterocycles. The largest absolute Gasteiger partial charge is 0.507 e. The van der Waals surface area contributed by atoms with Crippen LogP contribution in [0.2, 0.25) is 10.0 Å². The van der Waals surface area contributed by atoms with E-state index in [9.17, 15) is 14.7 Å². The number of aromatic nitrogens is 1. The summed E-state index contributed by atoms with van der Waals surface area (Å²) in [6, 6.07) is 15.0. The van der Waals surface area contributed by atoms with E-state index in [2.05, 4.69) is 4.98 Å². The van der Waals surface area contributed by atoms with Gasteiger partial charge in [-0.15, -0.1) is 0 Å². The lowest BCUT2D eigenvalue weighted by molar-refractivity contribution is -0.140. The molecular weight excluding hydrogens is 447 g/mol. The summed E-state index contributed by atoms with van der Waals surface area (Å²) in [5.74, 6) is -1.68. The standard InChI is InChI=1S/C25H20Cl2N2O3/c1-14-6-7-15(2)18(11-14)23(30)21-22(16-8-9-19(26)20(27)12-16)29(25(32)24(21)31)13-17-5-3-4-10-28-17/h3-12,22,30H,13H2,1-2H3/b23-21+. The van der Waals surface area contributed by atoms with Crippen LogP contribution in [-0.4, -0.2) is 26.7 Å². The van der Waals surface area contributed by atoms with Gasteiger partial charge in [0.15, 0.2) is 0 Å². The van der Waals surface area contributed by atoms with Gasteiger partial charge in [0, 0.05) is 11.8 Å². The highest BCUT2D eigenvalue weighted by atomic mass is 35.5. The first-order valence-electron chi connectivity index (χ1n) is 9.99. The van der Waals surface area contributed by atoms with Crippen LogP contribution in [0.4, 0.5) is 0 Å². The van der Waals surface area contributed by atoms with Crippen molar-refractivity contribution in [1.82, 2.24) is 9.88 Å². The lowest BCUT2D eigenvalue weighted by atomic mass is 9.93. The molecule has 1 unspecified atom stereocenters. The molecule has 0 aliphatic carbocycles. The number of halogens is 2. The fourth-order valence-corrected chi connectivity index (χ4v) is 4.18. The Hall–Kier alpha value is -3.15. The molecule has 0 bridgehead atoms. The van der Waals surface area contributed by atoms with Crippen LogP contribution in [0.3, 0.4) is 0 Å².